The maximum atomic E-state index is 10.2. The third-order valence-electron chi connectivity index (χ3n) is 1.67. The van der Waals surface area contributed by atoms with Crippen molar-refractivity contribution in [2.24, 2.45) is 0 Å². The second kappa shape index (κ2) is 4.31. The fourth-order valence-electron chi connectivity index (χ4n) is 1.11. The van der Waals surface area contributed by atoms with Crippen molar-refractivity contribution in [1.82, 2.24) is 10.6 Å². The van der Waals surface area contributed by atoms with E-state index in [-0.39, 0.29) is 0 Å². The van der Waals surface area contributed by atoms with E-state index in [4.69, 9.17) is 10.2 Å². The van der Waals surface area contributed by atoms with E-state index in [1.165, 1.54) is 0 Å². The minimum atomic E-state index is -1.11. The van der Waals surface area contributed by atoms with Crippen LogP contribution in [0.5, 0.6) is 0 Å². The van der Waals surface area contributed by atoms with Crippen LogP contribution in [0.3, 0.4) is 0 Å². The van der Waals surface area contributed by atoms with Crippen molar-refractivity contribution < 1.29 is 19.8 Å². The predicted molar refractivity (Wildman–Crippen MR) is 47.7 cm³/mol. The number of nitrogens with one attached hydrogen (secondary N) is 2. The van der Waals surface area contributed by atoms with E-state index >= 15 is 0 Å². The van der Waals surface area contributed by atoms with Crippen LogP contribution in [-0.2, 0) is 0 Å². The summed E-state index contributed by atoms with van der Waals surface area (Å²) in [7, 11) is 0. The fraction of sp³-hybridized carbons (Fsp3) is 0.250. The third-order valence-corrected chi connectivity index (χ3v) is 1.67. The van der Waals surface area contributed by atoms with E-state index in [0.717, 1.165) is 0 Å². The van der Waals surface area contributed by atoms with E-state index in [9.17, 15) is 9.59 Å². The molecule has 1 rings (SSSR count). The Labute approximate surface area is 79.9 Å². The second-order valence-corrected chi connectivity index (χ2v) is 2.73. The number of allylic oxidation sites excluding steroid dienone is 2. The molecule has 0 spiro atoms. The highest BCUT2D eigenvalue weighted by Crippen LogP contribution is 2.13. The highest BCUT2D eigenvalue weighted by Gasteiger charge is 2.08. The van der Waals surface area contributed by atoms with Gasteiger partial charge in [0.05, 0.1) is 0 Å². The molecule has 0 saturated heterocycles. The molecule has 0 heterocycles. The Morgan fingerprint density at radius 2 is 1.36 bits per heavy atom. The Morgan fingerprint density at radius 1 is 1.00 bits per heavy atom. The zero-order valence-corrected chi connectivity index (χ0v) is 7.28. The number of hydrogen-bond acceptors (Lipinski definition) is 2. The maximum absolute atomic E-state index is 10.2. The first-order chi connectivity index (χ1) is 6.58. The summed E-state index contributed by atoms with van der Waals surface area (Å²) in [5.74, 6) is 0. The van der Waals surface area contributed by atoms with Gasteiger partial charge in [-0.15, -0.1) is 0 Å². The molecular weight excluding hydrogens is 188 g/mol. The summed E-state index contributed by atoms with van der Waals surface area (Å²) in [5.41, 5.74) is 1.13. The van der Waals surface area contributed by atoms with Gasteiger partial charge in [0.15, 0.2) is 0 Å². The summed E-state index contributed by atoms with van der Waals surface area (Å²) in [6, 6.07) is 0. The van der Waals surface area contributed by atoms with E-state index in [0.29, 0.717) is 24.2 Å². The van der Waals surface area contributed by atoms with Gasteiger partial charge in [0.1, 0.15) is 0 Å². The Bertz CT molecular complexity index is 287. The Balaban J connectivity index is 2.44. The molecular formula is C8H10N2O4. The Morgan fingerprint density at radius 3 is 1.57 bits per heavy atom. The average Bonchev–Trinajstić information content (AvgIpc) is 2.06. The van der Waals surface area contributed by atoms with Crippen LogP contribution in [-0.4, -0.2) is 22.4 Å². The average molecular weight is 198 g/mol. The summed E-state index contributed by atoms with van der Waals surface area (Å²) in [5, 5.41) is 21.2. The van der Waals surface area contributed by atoms with Gasteiger partial charge in [0.2, 0.25) is 0 Å². The molecule has 0 radical (unpaired) electrons. The standard InChI is InChI=1S/C8H10N2O4/c11-7(12)9-5-1-2-6(4-3-5)10-8(13)14/h1,4,9-10H,2-3H2,(H,11,12)(H,13,14). The van der Waals surface area contributed by atoms with Crippen molar-refractivity contribution in [3.63, 3.8) is 0 Å². The first-order valence-corrected chi connectivity index (χ1v) is 3.96. The van der Waals surface area contributed by atoms with Gasteiger partial charge in [-0.3, -0.25) is 10.6 Å². The lowest BCUT2D eigenvalue weighted by Crippen LogP contribution is -2.24. The number of rotatable bonds is 2. The molecule has 0 aromatic carbocycles. The molecule has 1 aliphatic carbocycles. The van der Waals surface area contributed by atoms with Gasteiger partial charge in [0, 0.05) is 24.2 Å². The van der Waals surface area contributed by atoms with Gasteiger partial charge in [-0.05, 0) is 0 Å². The lowest BCUT2D eigenvalue weighted by atomic mass is 10.1. The van der Waals surface area contributed by atoms with Crippen molar-refractivity contribution >= 4 is 12.2 Å². The SMILES string of the molecule is O=C(O)NC1=CCC(NC(=O)O)=CC1. The van der Waals surface area contributed by atoms with Crippen LogP contribution in [0.25, 0.3) is 0 Å². The maximum Gasteiger partial charge on any atom is 0.408 e. The summed E-state index contributed by atoms with van der Waals surface area (Å²) in [6.45, 7) is 0. The van der Waals surface area contributed by atoms with Crippen molar-refractivity contribution in [2.75, 3.05) is 0 Å². The first kappa shape index (κ1) is 10.1. The largest absolute Gasteiger partial charge is 0.465 e. The summed E-state index contributed by atoms with van der Waals surface area (Å²) >= 11 is 0. The predicted octanol–water partition coefficient (Wildman–Crippen LogP) is 1.08. The van der Waals surface area contributed by atoms with Crippen LogP contribution >= 0.6 is 0 Å². The van der Waals surface area contributed by atoms with Crippen LogP contribution in [0.15, 0.2) is 23.5 Å². The molecule has 1 aliphatic rings. The summed E-state index contributed by atoms with van der Waals surface area (Å²) in [6.07, 6.45) is 1.83. The van der Waals surface area contributed by atoms with E-state index in [2.05, 4.69) is 10.6 Å². The van der Waals surface area contributed by atoms with Crippen LogP contribution in [0, 0.1) is 0 Å². The molecule has 4 N–H and O–H groups in total. The van der Waals surface area contributed by atoms with Crippen LogP contribution < -0.4 is 10.6 Å². The first-order valence-electron chi connectivity index (χ1n) is 3.96. The lowest BCUT2D eigenvalue weighted by molar-refractivity contribution is 0.195. The minimum Gasteiger partial charge on any atom is -0.465 e. The highest BCUT2D eigenvalue weighted by molar-refractivity contribution is 5.68. The molecule has 0 aliphatic heterocycles. The van der Waals surface area contributed by atoms with Gasteiger partial charge in [-0.2, -0.15) is 0 Å². The lowest BCUT2D eigenvalue weighted by Gasteiger charge is -2.12. The molecule has 0 aromatic rings. The molecule has 0 bridgehead atoms. The number of amides is 2. The van der Waals surface area contributed by atoms with Crippen LogP contribution in [0.4, 0.5) is 9.59 Å². The second-order valence-electron chi connectivity index (χ2n) is 2.73. The quantitative estimate of drug-likeness (QED) is 0.533. The van der Waals surface area contributed by atoms with Gasteiger partial charge in [-0.1, -0.05) is 12.2 Å². The zero-order valence-electron chi connectivity index (χ0n) is 7.28. The van der Waals surface area contributed by atoms with Gasteiger partial charge in [-0.25, -0.2) is 9.59 Å². The molecule has 14 heavy (non-hydrogen) atoms. The number of carboxylic acid groups (broad SMARTS) is 2. The van der Waals surface area contributed by atoms with Gasteiger partial charge < -0.3 is 10.2 Å². The molecule has 0 atom stereocenters. The monoisotopic (exact) mass is 198 g/mol. The van der Waals surface area contributed by atoms with Crippen molar-refractivity contribution in [3.8, 4) is 0 Å². The van der Waals surface area contributed by atoms with Gasteiger partial charge in [0.25, 0.3) is 0 Å². The molecule has 0 fully saturated rings. The van der Waals surface area contributed by atoms with E-state index in [1.807, 2.05) is 0 Å². The number of carbonyl (C=O) groups is 2. The topological polar surface area (TPSA) is 98.7 Å². The molecule has 0 unspecified atom stereocenters. The van der Waals surface area contributed by atoms with Crippen LogP contribution in [0.2, 0.25) is 0 Å². The normalized spacial score (nSPS) is 15.1. The van der Waals surface area contributed by atoms with Crippen LogP contribution in [0.1, 0.15) is 12.8 Å². The molecule has 0 saturated carbocycles. The zero-order chi connectivity index (χ0) is 10.6. The Kier molecular flexibility index (Phi) is 3.11. The van der Waals surface area contributed by atoms with Crippen molar-refractivity contribution in [2.45, 2.75) is 12.8 Å². The molecule has 6 nitrogen and oxygen atoms in total. The third kappa shape index (κ3) is 3.18. The van der Waals surface area contributed by atoms with E-state index in [1.54, 1.807) is 12.2 Å². The molecule has 0 aromatic heterocycles. The van der Waals surface area contributed by atoms with E-state index < -0.39 is 12.2 Å². The van der Waals surface area contributed by atoms with Gasteiger partial charge >= 0.3 is 12.2 Å². The molecule has 2 amide bonds. The number of hydrogen-bond donors (Lipinski definition) is 4. The fourth-order valence-corrected chi connectivity index (χ4v) is 1.11. The summed E-state index contributed by atoms with van der Waals surface area (Å²) in [4.78, 5) is 20.5. The Hall–Kier alpha value is -1.98. The summed E-state index contributed by atoms with van der Waals surface area (Å²) < 4.78 is 0. The molecule has 6 heteroatoms. The van der Waals surface area contributed by atoms with Crippen molar-refractivity contribution in [3.05, 3.63) is 23.5 Å². The minimum absolute atomic E-state index is 0.391. The smallest absolute Gasteiger partial charge is 0.408 e. The highest BCUT2D eigenvalue weighted by atomic mass is 16.4. The van der Waals surface area contributed by atoms with Crippen molar-refractivity contribution in [1.29, 1.82) is 0 Å². The molecule has 76 valence electrons.